The van der Waals surface area contributed by atoms with Crippen molar-refractivity contribution in [1.29, 1.82) is 0 Å². The van der Waals surface area contributed by atoms with Crippen LogP contribution in [0, 0.1) is 23.0 Å². The third kappa shape index (κ3) is 4.89. The maximum Gasteiger partial charge on any atom is 0.323 e. The number of hydrogen-bond acceptors (Lipinski definition) is 6. The Morgan fingerprint density at radius 2 is 2.00 bits per heavy atom. The summed E-state index contributed by atoms with van der Waals surface area (Å²) in [7, 11) is -3.04. The minimum Gasteiger partial charge on any atom is -0.468 e. The molecule has 1 N–H and O–H groups in total. The van der Waals surface area contributed by atoms with E-state index >= 15 is 0 Å². The van der Waals surface area contributed by atoms with Crippen LogP contribution in [0.4, 0.5) is 5.69 Å². The number of nitrogens with one attached hydrogen (secondary N) is 1. The van der Waals surface area contributed by atoms with Crippen molar-refractivity contribution in [3.8, 4) is 0 Å². The summed E-state index contributed by atoms with van der Waals surface area (Å²) < 4.78 is 31.8. The van der Waals surface area contributed by atoms with Crippen LogP contribution in [0.15, 0.2) is 17.0 Å². The summed E-state index contributed by atoms with van der Waals surface area (Å²) in [4.78, 5) is 21.7. The second-order valence-corrected chi connectivity index (χ2v) is 7.75. The highest BCUT2D eigenvalue weighted by Crippen LogP contribution is 2.29. The van der Waals surface area contributed by atoms with Crippen molar-refractivity contribution in [2.75, 3.05) is 7.11 Å². The van der Waals surface area contributed by atoms with Gasteiger partial charge < -0.3 is 4.74 Å². The average molecular weight is 379 g/mol. The molecule has 1 rings (SSSR count). The zero-order valence-corrected chi connectivity index (χ0v) is 15.3. The number of carbonyl (C=O) groups is 1. The predicted molar refractivity (Wildman–Crippen MR) is 88.4 cm³/mol. The summed E-state index contributed by atoms with van der Waals surface area (Å²) in [6.07, 6.45) is 0.216. The molecule has 0 unspecified atom stereocenters. The summed E-state index contributed by atoms with van der Waals surface area (Å²) in [6.45, 7) is 5.05. The molecule has 0 heterocycles. The van der Waals surface area contributed by atoms with Crippen LogP contribution in [0.5, 0.6) is 0 Å². The van der Waals surface area contributed by atoms with Crippen LogP contribution >= 0.6 is 11.6 Å². The molecular weight excluding hydrogens is 360 g/mol. The first-order valence-corrected chi connectivity index (χ1v) is 8.90. The van der Waals surface area contributed by atoms with Crippen molar-refractivity contribution >= 4 is 33.3 Å². The van der Waals surface area contributed by atoms with Crippen molar-refractivity contribution in [3.63, 3.8) is 0 Å². The zero-order valence-electron chi connectivity index (χ0n) is 13.7. The monoisotopic (exact) mass is 378 g/mol. The number of benzene rings is 1. The van der Waals surface area contributed by atoms with Crippen molar-refractivity contribution < 1.29 is 22.9 Å². The topological polar surface area (TPSA) is 116 Å². The van der Waals surface area contributed by atoms with Crippen molar-refractivity contribution in [1.82, 2.24) is 4.72 Å². The van der Waals surface area contributed by atoms with Gasteiger partial charge in [0.05, 0.1) is 22.0 Å². The van der Waals surface area contributed by atoms with E-state index in [0.29, 0.717) is 0 Å². The van der Waals surface area contributed by atoms with E-state index in [9.17, 15) is 23.3 Å². The highest BCUT2D eigenvalue weighted by Gasteiger charge is 2.29. The fraction of sp³-hybridized carbons (Fsp3) is 0.500. The maximum absolute atomic E-state index is 12.5. The number of halogens is 1. The van der Waals surface area contributed by atoms with Gasteiger partial charge in [-0.3, -0.25) is 14.9 Å². The molecule has 0 aromatic heterocycles. The lowest BCUT2D eigenvalue weighted by atomic mass is 10.1. The van der Waals surface area contributed by atoms with Gasteiger partial charge in [0, 0.05) is 11.6 Å². The summed E-state index contributed by atoms with van der Waals surface area (Å²) >= 11 is 5.89. The van der Waals surface area contributed by atoms with Gasteiger partial charge in [-0.05, 0) is 25.3 Å². The Bertz CT molecular complexity index is 748. The van der Waals surface area contributed by atoms with Gasteiger partial charge in [0.15, 0.2) is 0 Å². The molecule has 0 bridgehead atoms. The maximum atomic E-state index is 12.5. The molecule has 0 aliphatic carbocycles. The molecule has 0 amide bonds. The average Bonchev–Trinajstić information content (AvgIpc) is 2.47. The number of methoxy groups -OCH3 is 1. The number of sulfonamides is 1. The Balaban J connectivity index is 3.28. The van der Waals surface area contributed by atoms with Crippen LogP contribution in [0.2, 0.25) is 5.02 Å². The van der Waals surface area contributed by atoms with E-state index in [4.69, 9.17) is 11.6 Å². The molecule has 0 spiro atoms. The normalized spacial score (nSPS) is 12.9. The fourth-order valence-corrected chi connectivity index (χ4v) is 3.57. The Labute approximate surface area is 145 Å². The number of ether oxygens (including phenoxy) is 1. The molecular formula is C14H19ClN2O6S. The molecule has 0 aliphatic rings. The zero-order chi connectivity index (χ0) is 18.7. The number of carbonyl (C=O) groups excluding carboxylic acids is 1. The highest BCUT2D eigenvalue weighted by atomic mass is 35.5. The summed E-state index contributed by atoms with van der Waals surface area (Å²) in [6, 6.07) is 0.919. The van der Waals surface area contributed by atoms with Gasteiger partial charge in [-0.15, -0.1) is 0 Å². The third-order valence-electron chi connectivity index (χ3n) is 3.29. The van der Waals surface area contributed by atoms with Crippen molar-refractivity contribution in [2.45, 2.75) is 38.1 Å². The molecule has 0 fully saturated rings. The molecule has 10 heteroatoms. The van der Waals surface area contributed by atoms with Crippen LogP contribution in [0.1, 0.15) is 25.8 Å². The summed E-state index contributed by atoms with van der Waals surface area (Å²) in [5.74, 6) is -0.715. The number of nitrogens with zero attached hydrogens (tertiary/aromatic N) is 1. The van der Waals surface area contributed by atoms with Crippen molar-refractivity contribution in [3.05, 3.63) is 32.8 Å². The van der Waals surface area contributed by atoms with E-state index in [0.717, 1.165) is 19.2 Å². The molecule has 24 heavy (non-hydrogen) atoms. The van der Waals surface area contributed by atoms with Gasteiger partial charge in [0.25, 0.3) is 5.69 Å². The molecule has 0 saturated heterocycles. The summed E-state index contributed by atoms with van der Waals surface area (Å²) in [5.41, 5.74) is -0.256. The minimum atomic E-state index is -4.20. The van der Waals surface area contributed by atoms with E-state index in [1.807, 2.05) is 13.8 Å². The lowest BCUT2D eigenvalue weighted by Gasteiger charge is -2.18. The van der Waals surface area contributed by atoms with E-state index in [-0.39, 0.29) is 27.8 Å². The van der Waals surface area contributed by atoms with Crippen LogP contribution in [-0.4, -0.2) is 32.5 Å². The molecule has 0 radical (unpaired) electrons. The first-order valence-electron chi connectivity index (χ1n) is 7.04. The number of rotatable bonds is 7. The van der Waals surface area contributed by atoms with E-state index in [1.54, 1.807) is 0 Å². The molecule has 1 aromatic rings. The van der Waals surface area contributed by atoms with Gasteiger partial charge in [0.1, 0.15) is 6.04 Å². The van der Waals surface area contributed by atoms with E-state index < -0.39 is 32.6 Å². The van der Waals surface area contributed by atoms with Gasteiger partial charge in [0.2, 0.25) is 10.0 Å². The first kappa shape index (κ1) is 20.3. The highest BCUT2D eigenvalue weighted by molar-refractivity contribution is 7.89. The Morgan fingerprint density at radius 3 is 2.46 bits per heavy atom. The van der Waals surface area contributed by atoms with Crippen LogP contribution in [-0.2, 0) is 19.6 Å². The van der Waals surface area contributed by atoms with E-state index in [1.165, 1.54) is 6.92 Å². The molecule has 1 atom stereocenters. The van der Waals surface area contributed by atoms with Gasteiger partial charge in [-0.1, -0.05) is 25.4 Å². The Hall–Kier alpha value is -1.71. The van der Waals surface area contributed by atoms with Crippen LogP contribution in [0.25, 0.3) is 0 Å². The lowest BCUT2D eigenvalue weighted by Crippen LogP contribution is -2.42. The third-order valence-corrected chi connectivity index (χ3v) is 5.13. The first-order chi connectivity index (χ1) is 11.0. The van der Waals surface area contributed by atoms with Gasteiger partial charge in [-0.25, -0.2) is 8.42 Å². The minimum absolute atomic E-state index is 0.0211. The molecule has 0 aliphatic heterocycles. The molecule has 8 nitrogen and oxygen atoms in total. The quantitative estimate of drug-likeness (QED) is 0.442. The Kier molecular flexibility index (Phi) is 6.70. The second-order valence-electron chi connectivity index (χ2n) is 5.63. The number of esters is 1. The van der Waals surface area contributed by atoms with Crippen LogP contribution in [0.3, 0.4) is 0 Å². The number of hydrogen-bond donors (Lipinski definition) is 1. The molecule has 134 valence electrons. The second kappa shape index (κ2) is 7.91. The van der Waals surface area contributed by atoms with Crippen LogP contribution < -0.4 is 4.72 Å². The predicted octanol–water partition coefficient (Wildman–Crippen LogP) is 2.42. The Morgan fingerprint density at radius 1 is 1.42 bits per heavy atom. The lowest BCUT2D eigenvalue weighted by molar-refractivity contribution is -0.385. The SMILES string of the molecule is COC(=O)[C@H](CC(C)C)NS(=O)(=O)c1cc(Cl)c(C)c([N+](=O)[O-])c1. The molecule has 1 aromatic carbocycles. The fourth-order valence-electron chi connectivity index (χ4n) is 2.05. The molecule has 0 saturated carbocycles. The van der Waals surface area contributed by atoms with Gasteiger partial charge in [-0.2, -0.15) is 4.72 Å². The van der Waals surface area contributed by atoms with E-state index in [2.05, 4.69) is 9.46 Å². The van der Waals surface area contributed by atoms with Gasteiger partial charge >= 0.3 is 5.97 Å². The largest absolute Gasteiger partial charge is 0.468 e. The standard InChI is InChI=1S/C14H19ClN2O6S/c1-8(2)5-12(14(18)23-4)16-24(21,22)10-6-11(15)9(3)13(7-10)17(19)20/h6-8,12,16H,5H2,1-4H3/t12-/m0/s1. The number of nitro benzene ring substituents is 1. The smallest absolute Gasteiger partial charge is 0.323 e. The van der Waals surface area contributed by atoms with Crippen molar-refractivity contribution in [2.24, 2.45) is 5.92 Å². The summed E-state index contributed by atoms with van der Waals surface area (Å²) in [5, 5.41) is 11.0. The number of nitro groups is 1.